The number of aryl methyl sites for hydroxylation is 2. The topological polar surface area (TPSA) is 86.7 Å². The van der Waals surface area contributed by atoms with Crippen molar-refractivity contribution in [3.63, 3.8) is 0 Å². The van der Waals surface area contributed by atoms with Gasteiger partial charge in [-0.1, -0.05) is 36.4 Å². The Morgan fingerprint density at radius 2 is 1.88 bits per heavy atom. The van der Waals surface area contributed by atoms with Gasteiger partial charge in [0.25, 0.3) is 5.91 Å². The summed E-state index contributed by atoms with van der Waals surface area (Å²) in [7, 11) is 0. The quantitative estimate of drug-likeness (QED) is 0.864. The fraction of sp³-hybridized carbons (Fsp3) is 0.250. The Labute approximate surface area is 151 Å². The third-order valence-electron chi connectivity index (χ3n) is 4.65. The molecule has 0 bridgehead atoms. The minimum Gasteiger partial charge on any atom is -0.479 e. The summed E-state index contributed by atoms with van der Waals surface area (Å²) in [5.41, 5.74) is 3.96. The van der Waals surface area contributed by atoms with Crippen LogP contribution >= 0.6 is 0 Å². The number of aliphatic carboxylic acids is 1. The van der Waals surface area contributed by atoms with E-state index in [-0.39, 0.29) is 12.5 Å². The fourth-order valence-corrected chi connectivity index (χ4v) is 3.05. The van der Waals surface area contributed by atoms with Crippen LogP contribution in [0.25, 0.3) is 0 Å². The highest BCUT2D eigenvalue weighted by molar-refractivity contribution is 6.00. The number of carboxylic acids is 1. The van der Waals surface area contributed by atoms with Gasteiger partial charge in [-0.2, -0.15) is 0 Å². The van der Waals surface area contributed by atoms with Crippen molar-refractivity contribution in [3.05, 3.63) is 70.3 Å². The average Bonchev–Trinajstić information content (AvgIpc) is 2.91. The molecule has 1 aliphatic rings. The second-order valence-electron chi connectivity index (χ2n) is 6.50. The van der Waals surface area contributed by atoms with E-state index in [1.54, 1.807) is 24.3 Å². The molecule has 2 N–H and O–H groups in total. The van der Waals surface area contributed by atoms with Crippen LogP contribution in [0.2, 0.25) is 0 Å². The molecule has 6 nitrogen and oxygen atoms in total. The first-order valence-electron chi connectivity index (χ1n) is 8.33. The normalized spacial score (nSPS) is 14.1. The van der Waals surface area contributed by atoms with Crippen LogP contribution < -0.4 is 5.32 Å². The lowest BCUT2D eigenvalue weighted by atomic mass is 10.0. The molecule has 26 heavy (non-hydrogen) atoms. The third kappa shape index (κ3) is 3.44. The summed E-state index contributed by atoms with van der Waals surface area (Å²) >= 11 is 0. The summed E-state index contributed by atoms with van der Waals surface area (Å²) in [6.07, 6.45) is 0. The Kier molecular flexibility index (Phi) is 4.75. The minimum absolute atomic E-state index is 0.178. The van der Waals surface area contributed by atoms with E-state index in [1.165, 1.54) is 4.90 Å². The molecule has 0 fully saturated rings. The van der Waals surface area contributed by atoms with Crippen molar-refractivity contribution in [1.82, 2.24) is 10.2 Å². The summed E-state index contributed by atoms with van der Waals surface area (Å²) in [4.78, 5) is 37.7. The van der Waals surface area contributed by atoms with Crippen LogP contribution in [0.4, 0.5) is 0 Å². The number of amides is 2. The first kappa shape index (κ1) is 17.7. The first-order chi connectivity index (χ1) is 12.4. The smallest absolute Gasteiger partial charge is 0.330 e. The van der Waals surface area contributed by atoms with Crippen molar-refractivity contribution in [2.75, 3.05) is 6.54 Å². The number of benzene rings is 2. The fourth-order valence-electron chi connectivity index (χ4n) is 3.05. The largest absolute Gasteiger partial charge is 0.479 e. The van der Waals surface area contributed by atoms with Crippen molar-refractivity contribution in [1.29, 1.82) is 0 Å². The van der Waals surface area contributed by atoms with E-state index in [9.17, 15) is 19.5 Å². The predicted octanol–water partition coefficient (Wildman–Crippen LogP) is 2.20. The molecule has 1 atom stereocenters. The molecule has 0 spiro atoms. The van der Waals surface area contributed by atoms with Gasteiger partial charge in [0.05, 0.1) is 0 Å². The standard InChI is InChI=1S/C20H20N2O4/c1-12-7-8-14(9-13(12)2)18(20(25)26)21-17(23)11-22-10-15-5-3-4-6-16(15)19(22)24/h3-9,18H,10-11H2,1-2H3,(H,21,23)(H,25,26). The molecule has 6 heteroatoms. The summed E-state index contributed by atoms with van der Waals surface area (Å²) in [5, 5.41) is 12.0. The zero-order valence-electron chi connectivity index (χ0n) is 14.7. The maximum Gasteiger partial charge on any atom is 0.330 e. The molecule has 0 saturated heterocycles. The Hall–Kier alpha value is -3.15. The Morgan fingerprint density at radius 1 is 1.15 bits per heavy atom. The Balaban J connectivity index is 1.71. The van der Waals surface area contributed by atoms with E-state index in [0.29, 0.717) is 17.7 Å². The maximum absolute atomic E-state index is 12.4. The number of rotatable bonds is 5. The molecule has 2 amide bonds. The molecule has 1 aliphatic heterocycles. The molecule has 0 saturated carbocycles. The number of fused-ring (bicyclic) bond motifs is 1. The number of hydrogen-bond donors (Lipinski definition) is 2. The van der Waals surface area contributed by atoms with Crippen molar-refractivity contribution in [2.24, 2.45) is 0 Å². The van der Waals surface area contributed by atoms with Crippen molar-refractivity contribution >= 4 is 17.8 Å². The van der Waals surface area contributed by atoms with Gasteiger partial charge in [-0.15, -0.1) is 0 Å². The van der Waals surface area contributed by atoms with Crippen LogP contribution in [0, 0.1) is 13.8 Å². The summed E-state index contributed by atoms with van der Waals surface area (Å²) in [5.74, 6) is -1.86. The highest BCUT2D eigenvalue weighted by atomic mass is 16.4. The number of nitrogens with one attached hydrogen (secondary N) is 1. The Bertz CT molecular complexity index is 891. The second kappa shape index (κ2) is 7.00. The molecule has 2 aromatic carbocycles. The van der Waals surface area contributed by atoms with Crippen LogP contribution in [0.1, 0.15) is 38.7 Å². The number of hydrogen-bond acceptors (Lipinski definition) is 3. The summed E-state index contributed by atoms with van der Waals surface area (Å²) in [6, 6.07) is 11.3. The van der Waals surface area contributed by atoms with Gasteiger partial charge in [-0.05, 0) is 42.2 Å². The first-order valence-corrected chi connectivity index (χ1v) is 8.33. The van der Waals surface area contributed by atoms with Crippen molar-refractivity contribution < 1.29 is 19.5 Å². The minimum atomic E-state index is -1.15. The maximum atomic E-state index is 12.4. The van der Waals surface area contributed by atoms with E-state index in [0.717, 1.165) is 16.7 Å². The lowest BCUT2D eigenvalue weighted by Gasteiger charge is -2.19. The van der Waals surface area contributed by atoms with E-state index in [1.807, 2.05) is 32.0 Å². The van der Waals surface area contributed by atoms with Gasteiger partial charge in [-0.3, -0.25) is 9.59 Å². The highest BCUT2D eigenvalue weighted by Crippen LogP contribution is 2.22. The van der Waals surface area contributed by atoms with Crippen LogP contribution in [-0.4, -0.2) is 34.3 Å². The molecule has 1 heterocycles. The van der Waals surface area contributed by atoms with E-state index < -0.39 is 17.9 Å². The molecular weight excluding hydrogens is 332 g/mol. The zero-order chi connectivity index (χ0) is 18.8. The highest BCUT2D eigenvalue weighted by Gasteiger charge is 2.30. The predicted molar refractivity (Wildman–Crippen MR) is 95.6 cm³/mol. The Morgan fingerprint density at radius 3 is 2.54 bits per heavy atom. The molecule has 1 unspecified atom stereocenters. The van der Waals surface area contributed by atoms with Gasteiger partial charge >= 0.3 is 5.97 Å². The lowest BCUT2D eigenvalue weighted by Crippen LogP contribution is -2.41. The number of carbonyl (C=O) groups excluding carboxylic acids is 2. The van der Waals surface area contributed by atoms with Crippen LogP contribution in [-0.2, 0) is 16.1 Å². The van der Waals surface area contributed by atoms with Crippen LogP contribution in [0.15, 0.2) is 42.5 Å². The third-order valence-corrected chi connectivity index (χ3v) is 4.65. The average molecular weight is 352 g/mol. The second-order valence-corrected chi connectivity index (χ2v) is 6.50. The SMILES string of the molecule is Cc1ccc(C(NC(=O)CN2Cc3ccccc3C2=O)C(=O)O)cc1C. The molecule has 134 valence electrons. The van der Waals surface area contributed by atoms with E-state index in [2.05, 4.69) is 5.32 Å². The molecule has 0 radical (unpaired) electrons. The number of nitrogens with zero attached hydrogens (tertiary/aromatic N) is 1. The lowest BCUT2D eigenvalue weighted by molar-refractivity contribution is -0.142. The summed E-state index contributed by atoms with van der Waals surface area (Å²) < 4.78 is 0. The van der Waals surface area contributed by atoms with Crippen LogP contribution in [0.5, 0.6) is 0 Å². The van der Waals surface area contributed by atoms with E-state index in [4.69, 9.17) is 0 Å². The molecule has 0 aliphatic carbocycles. The van der Waals surface area contributed by atoms with Gasteiger partial charge < -0.3 is 15.3 Å². The van der Waals surface area contributed by atoms with Gasteiger partial charge in [0.2, 0.25) is 5.91 Å². The van der Waals surface area contributed by atoms with Crippen LogP contribution in [0.3, 0.4) is 0 Å². The molecular formula is C20H20N2O4. The van der Waals surface area contributed by atoms with E-state index >= 15 is 0 Å². The van der Waals surface area contributed by atoms with Gasteiger partial charge in [0.1, 0.15) is 6.54 Å². The molecule has 3 rings (SSSR count). The monoisotopic (exact) mass is 352 g/mol. The summed E-state index contributed by atoms with van der Waals surface area (Å²) in [6.45, 7) is 4.00. The van der Waals surface area contributed by atoms with Gasteiger partial charge in [0.15, 0.2) is 6.04 Å². The zero-order valence-corrected chi connectivity index (χ0v) is 14.7. The van der Waals surface area contributed by atoms with Crippen molar-refractivity contribution in [2.45, 2.75) is 26.4 Å². The number of carbonyl (C=O) groups is 3. The molecule has 0 aromatic heterocycles. The van der Waals surface area contributed by atoms with Crippen molar-refractivity contribution in [3.8, 4) is 0 Å². The van der Waals surface area contributed by atoms with Gasteiger partial charge in [0, 0.05) is 12.1 Å². The molecule has 2 aromatic rings. The number of carboxylic acid groups (broad SMARTS) is 1. The van der Waals surface area contributed by atoms with Gasteiger partial charge in [-0.25, -0.2) is 4.79 Å².